The molecule has 2 rings (SSSR count). The third-order valence-corrected chi connectivity index (χ3v) is 4.50. The molecule has 0 amide bonds. The summed E-state index contributed by atoms with van der Waals surface area (Å²) in [4.78, 5) is 0. The fourth-order valence-electron chi connectivity index (χ4n) is 2.62. The highest BCUT2D eigenvalue weighted by Crippen LogP contribution is 2.29. The average molecular weight is 373 g/mol. The van der Waals surface area contributed by atoms with E-state index in [1.165, 1.54) is 11.1 Å². The van der Waals surface area contributed by atoms with Crippen molar-refractivity contribution in [3.8, 4) is 11.5 Å². The molecule has 2 aromatic carbocycles. The van der Waals surface area contributed by atoms with Gasteiger partial charge >= 0.3 is 0 Å². The van der Waals surface area contributed by atoms with Gasteiger partial charge in [-0.1, -0.05) is 45.0 Å². The second-order valence-electron chi connectivity index (χ2n) is 7.26. The van der Waals surface area contributed by atoms with E-state index in [0.717, 1.165) is 11.4 Å². The summed E-state index contributed by atoms with van der Waals surface area (Å²) in [5.74, 6) is 1.44. The molecule has 0 spiro atoms. The molecule has 0 aliphatic heterocycles. The largest absolute Gasteiger partial charge is 0.497 e. The molecule has 0 fully saturated rings. The Morgan fingerprint density at radius 1 is 1.00 bits per heavy atom. The molecule has 2 N–H and O–H groups in total. The van der Waals surface area contributed by atoms with Crippen LogP contribution in [-0.4, -0.2) is 19.3 Å². The minimum absolute atomic E-state index is 0.0839. The van der Waals surface area contributed by atoms with Crippen LogP contribution in [0.2, 0.25) is 0 Å². The minimum Gasteiger partial charge on any atom is -0.497 e. The van der Waals surface area contributed by atoms with Crippen molar-refractivity contribution >= 4 is 23.0 Å². The van der Waals surface area contributed by atoms with Crippen LogP contribution in [0.3, 0.4) is 0 Å². The van der Waals surface area contributed by atoms with Crippen LogP contribution in [0.1, 0.15) is 44.9 Å². The summed E-state index contributed by atoms with van der Waals surface area (Å²) in [6.07, 6.45) is 0. The Balaban J connectivity index is 2.05. The predicted molar refractivity (Wildman–Crippen MR) is 112 cm³/mol. The number of anilines is 1. The molecule has 4 nitrogen and oxygen atoms in total. The molecule has 1 atom stereocenters. The Kier molecular flexibility index (Phi) is 6.48. The Labute approximate surface area is 161 Å². The monoisotopic (exact) mass is 372 g/mol. The molecule has 0 bridgehead atoms. The number of nitrogens with one attached hydrogen (secondary N) is 2. The molecule has 5 heteroatoms. The molecule has 0 saturated heterocycles. The zero-order valence-electron chi connectivity index (χ0n) is 16.3. The van der Waals surface area contributed by atoms with Crippen molar-refractivity contribution in [2.24, 2.45) is 0 Å². The predicted octanol–water partition coefficient (Wildman–Crippen LogP) is 5.05. The zero-order valence-corrected chi connectivity index (χ0v) is 17.2. The summed E-state index contributed by atoms with van der Waals surface area (Å²) < 4.78 is 10.6. The summed E-state index contributed by atoms with van der Waals surface area (Å²) in [5, 5.41) is 7.03. The maximum atomic E-state index is 5.47. The molecule has 0 aromatic heterocycles. The van der Waals surface area contributed by atoms with Gasteiger partial charge in [-0.05, 0) is 47.8 Å². The quantitative estimate of drug-likeness (QED) is 0.719. The smallest absolute Gasteiger partial charge is 0.171 e. The number of hydrogen-bond acceptors (Lipinski definition) is 3. The van der Waals surface area contributed by atoms with Crippen LogP contribution >= 0.6 is 12.2 Å². The van der Waals surface area contributed by atoms with Crippen LogP contribution in [0.4, 0.5) is 5.69 Å². The number of rotatable bonds is 5. The summed E-state index contributed by atoms with van der Waals surface area (Å²) >= 11 is 5.47. The molecule has 0 radical (unpaired) electrons. The number of ether oxygens (including phenoxy) is 2. The summed E-state index contributed by atoms with van der Waals surface area (Å²) in [7, 11) is 3.26. The van der Waals surface area contributed by atoms with Crippen LogP contribution in [0.25, 0.3) is 0 Å². The van der Waals surface area contributed by atoms with E-state index in [-0.39, 0.29) is 11.5 Å². The maximum Gasteiger partial charge on any atom is 0.171 e. The number of thiocarbonyl (C=S) groups is 1. The molecule has 0 aliphatic carbocycles. The maximum absolute atomic E-state index is 5.47. The van der Waals surface area contributed by atoms with E-state index >= 15 is 0 Å². The van der Waals surface area contributed by atoms with Gasteiger partial charge < -0.3 is 20.1 Å². The van der Waals surface area contributed by atoms with Gasteiger partial charge in [-0.3, -0.25) is 0 Å². The van der Waals surface area contributed by atoms with E-state index in [0.29, 0.717) is 10.9 Å². The van der Waals surface area contributed by atoms with E-state index in [1.54, 1.807) is 14.2 Å². The standard InChI is InChI=1S/C21H28N2O2S/c1-14(15-7-9-16(10-8-15)21(2,3)4)22-20(26)23-18-13-17(24-5)11-12-19(18)25-6/h7-14H,1-6H3,(H2,22,23,26). The van der Waals surface area contributed by atoms with E-state index in [9.17, 15) is 0 Å². The number of benzene rings is 2. The highest BCUT2D eigenvalue weighted by molar-refractivity contribution is 7.80. The highest BCUT2D eigenvalue weighted by atomic mass is 32.1. The minimum atomic E-state index is 0.0839. The molecular weight excluding hydrogens is 344 g/mol. The fraction of sp³-hybridized carbons (Fsp3) is 0.381. The first-order valence-corrected chi connectivity index (χ1v) is 9.05. The molecule has 2 aromatic rings. The van der Waals surface area contributed by atoms with Gasteiger partial charge in [-0.15, -0.1) is 0 Å². The van der Waals surface area contributed by atoms with E-state index in [4.69, 9.17) is 21.7 Å². The first kappa shape index (κ1) is 20.0. The van der Waals surface area contributed by atoms with Crippen molar-refractivity contribution in [3.05, 3.63) is 53.6 Å². The molecule has 140 valence electrons. The van der Waals surface area contributed by atoms with Crippen molar-refractivity contribution in [1.82, 2.24) is 5.32 Å². The first-order chi connectivity index (χ1) is 12.2. The van der Waals surface area contributed by atoms with Gasteiger partial charge in [0.2, 0.25) is 0 Å². The SMILES string of the molecule is COc1ccc(OC)c(NC(=S)NC(C)c2ccc(C(C)(C)C)cc2)c1. The molecule has 0 heterocycles. The molecule has 0 saturated carbocycles. The van der Waals surface area contributed by atoms with Crippen LogP contribution in [-0.2, 0) is 5.41 Å². The number of hydrogen-bond donors (Lipinski definition) is 2. The summed E-state index contributed by atoms with van der Waals surface area (Å²) in [5.41, 5.74) is 3.41. The molecular formula is C21H28N2O2S. The Bertz CT molecular complexity index is 752. The lowest BCUT2D eigenvalue weighted by molar-refractivity contribution is 0.405. The molecule has 1 unspecified atom stereocenters. The van der Waals surface area contributed by atoms with Gasteiger partial charge in [0, 0.05) is 6.07 Å². The lowest BCUT2D eigenvalue weighted by atomic mass is 9.86. The van der Waals surface area contributed by atoms with Crippen molar-refractivity contribution in [2.45, 2.75) is 39.2 Å². The fourth-order valence-corrected chi connectivity index (χ4v) is 2.91. The van der Waals surface area contributed by atoms with Gasteiger partial charge in [0.05, 0.1) is 25.9 Å². The van der Waals surface area contributed by atoms with Crippen LogP contribution in [0, 0.1) is 0 Å². The Morgan fingerprint density at radius 2 is 1.65 bits per heavy atom. The van der Waals surface area contributed by atoms with Crippen molar-refractivity contribution in [2.75, 3.05) is 19.5 Å². The van der Waals surface area contributed by atoms with Gasteiger partial charge in [-0.2, -0.15) is 0 Å². The van der Waals surface area contributed by atoms with Gasteiger partial charge in [0.1, 0.15) is 11.5 Å². The van der Waals surface area contributed by atoms with Crippen LogP contribution < -0.4 is 20.1 Å². The van der Waals surface area contributed by atoms with Gasteiger partial charge in [0.15, 0.2) is 5.11 Å². The lowest BCUT2D eigenvalue weighted by Gasteiger charge is -2.22. The third kappa shape index (κ3) is 5.11. The average Bonchev–Trinajstić information content (AvgIpc) is 2.60. The highest BCUT2D eigenvalue weighted by Gasteiger charge is 2.15. The molecule has 0 aliphatic rings. The van der Waals surface area contributed by atoms with Crippen molar-refractivity contribution in [1.29, 1.82) is 0 Å². The van der Waals surface area contributed by atoms with E-state index < -0.39 is 0 Å². The van der Waals surface area contributed by atoms with Crippen molar-refractivity contribution in [3.63, 3.8) is 0 Å². The Hall–Kier alpha value is -2.27. The van der Waals surface area contributed by atoms with Crippen LogP contribution in [0.5, 0.6) is 11.5 Å². The van der Waals surface area contributed by atoms with Gasteiger partial charge in [-0.25, -0.2) is 0 Å². The lowest BCUT2D eigenvalue weighted by Crippen LogP contribution is -2.31. The normalized spacial score (nSPS) is 12.2. The second kappa shape index (κ2) is 8.41. The summed E-state index contributed by atoms with van der Waals surface area (Å²) in [6.45, 7) is 8.72. The van der Waals surface area contributed by atoms with E-state index in [2.05, 4.69) is 62.6 Å². The van der Waals surface area contributed by atoms with Crippen LogP contribution in [0.15, 0.2) is 42.5 Å². The first-order valence-electron chi connectivity index (χ1n) is 8.64. The summed E-state index contributed by atoms with van der Waals surface area (Å²) in [6, 6.07) is 14.3. The topological polar surface area (TPSA) is 42.5 Å². The number of methoxy groups -OCH3 is 2. The zero-order chi connectivity index (χ0) is 19.3. The van der Waals surface area contributed by atoms with E-state index in [1.807, 2.05) is 18.2 Å². The second-order valence-corrected chi connectivity index (χ2v) is 7.67. The van der Waals surface area contributed by atoms with Gasteiger partial charge in [0.25, 0.3) is 0 Å². The van der Waals surface area contributed by atoms with Crippen molar-refractivity contribution < 1.29 is 9.47 Å². The Morgan fingerprint density at radius 3 is 2.19 bits per heavy atom. The molecule has 26 heavy (non-hydrogen) atoms. The third-order valence-electron chi connectivity index (χ3n) is 4.28.